The smallest absolute Gasteiger partial charge is 0.243 e. The molecule has 0 aliphatic carbocycles. The van der Waals surface area contributed by atoms with Crippen molar-refractivity contribution >= 4 is 21.6 Å². The molecule has 1 aliphatic heterocycles. The van der Waals surface area contributed by atoms with Gasteiger partial charge in [0.2, 0.25) is 10.0 Å². The summed E-state index contributed by atoms with van der Waals surface area (Å²) >= 11 is 5.73. The summed E-state index contributed by atoms with van der Waals surface area (Å²) in [6.45, 7) is 0.563. The zero-order valence-corrected chi connectivity index (χ0v) is 11.2. The molecule has 0 bridgehead atoms. The molecule has 100 valence electrons. The van der Waals surface area contributed by atoms with Crippen LogP contribution in [0.25, 0.3) is 0 Å². The van der Waals surface area contributed by atoms with E-state index in [0.29, 0.717) is 11.6 Å². The van der Waals surface area contributed by atoms with Gasteiger partial charge in [-0.15, -0.1) is 0 Å². The summed E-state index contributed by atoms with van der Waals surface area (Å²) in [4.78, 5) is 0.200. The normalized spacial score (nSPS) is 22.0. The molecule has 0 aromatic heterocycles. The molecular weight excluding hydrogens is 278 g/mol. The summed E-state index contributed by atoms with van der Waals surface area (Å²) in [5.41, 5.74) is 0. The van der Waals surface area contributed by atoms with Gasteiger partial charge in [0.1, 0.15) is 0 Å². The molecule has 0 radical (unpaired) electrons. The van der Waals surface area contributed by atoms with Crippen LogP contribution in [-0.2, 0) is 14.8 Å². The topological polar surface area (TPSA) is 66.8 Å². The van der Waals surface area contributed by atoms with Gasteiger partial charge in [-0.25, -0.2) is 8.42 Å². The fourth-order valence-corrected chi connectivity index (χ4v) is 3.36. The Labute approximate surface area is 111 Å². The van der Waals surface area contributed by atoms with Crippen LogP contribution in [0.3, 0.4) is 0 Å². The van der Waals surface area contributed by atoms with Crippen LogP contribution in [0.4, 0.5) is 0 Å². The van der Waals surface area contributed by atoms with E-state index in [1.54, 1.807) is 12.1 Å². The maximum absolute atomic E-state index is 12.3. The lowest BCUT2D eigenvalue weighted by molar-refractivity contribution is -0.0304. The number of aliphatic hydroxyl groups excluding tert-OH is 1. The van der Waals surface area contributed by atoms with Crippen LogP contribution in [0.5, 0.6) is 0 Å². The van der Waals surface area contributed by atoms with Crippen molar-refractivity contribution in [1.29, 1.82) is 0 Å². The van der Waals surface area contributed by atoms with E-state index in [2.05, 4.69) is 0 Å². The predicted molar refractivity (Wildman–Crippen MR) is 67.0 cm³/mol. The molecule has 1 aliphatic rings. The molecule has 1 atom stereocenters. The molecular formula is C11H14ClNO4S. The van der Waals surface area contributed by atoms with E-state index in [4.69, 9.17) is 21.4 Å². The van der Waals surface area contributed by atoms with Gasteiger partial charge in [0.15, 0.2) is 0 Å². The third kappa shape index (κ3) is 2.84. The number of rotatable bonds is 3. The predicted octanol–water partition coefficient (Wildman–Crippen LogP) is 0.722. The molecule has 1 saturated heterocycles. The number of nitrogens with zero attached hydrogens (tertiary/aromatic N) is 1. The average molecular weight is 292 g/mol. The molecule has 0 saturated carbocycles. The van der Waals surface area contributed by atoms with E-state index in [1.807, 2.05) is 0 Å². The molecule has 1 fully saturated rings. The minimum absolute atomic E-state index is 0.168. The van der Waals surface area contributed by atoms with Gasteiger partial charge in [0.05, 0.1) is 24.2 Å². The highest BCUT2D eigenvalue weighted by Gasteiger charge is 2.30. The highest BCUT2D eigenvalue weighted by atomic mass is 35.5. The van der Waals surface area contributed by atoms with E-state index < -0.39 is 16.1 Å². The first kappa shape index (κ1) is 13.8. The monoisotopic (exact) mass is 291 g/mol. The second-order valence-corrected chi connectivity index (χ2v) is 6.37. The maximum atomic E-state index is 12.3. The zero-order chi connectivity index (χ0) is 13.2. The highest BCUT2D eigenvalue weighted by molar-refractivity contribution is 7.89. The van der Waals surface area contributed by atoms with Crippen molar-refractivity contribution in [2.45, 2.75) is 11.0 Å². The summed E-state index contributed by atoms with van der Waals surface area (Å²) in [5.74, 6) is 0. The Balaban J connectivity index is 2.22. The third-order valence-corrected chi connectivity index (χ3v) is 4.89. The van der Waals surface area contributed by atoms with Crippen LogP contribution in [0.2, 0.25) is 5.02 Å². The van der Waals surface area contributed by atoms with Crippen molar-refractivity contribution in [1.82, 2.24) is 4.31 Å². The number of sulfonamides is 1. The largest absolute Gasteiger partial charge is 0.394 e. The van der Waals surface area contributed by atoms with Gasteiger partial charge in [-0.1, -0.05) is 11.6 Å². The standard InChI is InChI=1S/C11H14ClNO4S/c12-9-1-3-11(4-2-9)18(15,16)13-5-6-17-10(7-13)8-14/h1-4,10,14H,5-8H2. The van der Waals surface area contributed by atoms with Crippen molar-refractivity contribution in [2.75, 3.05) is 26.3 Å². The van der Waals surface area contributed by atoms with Gasteiger partial charge in [0.25, 0.3) is 0 Å². The summed E-state index contributed by atoms with van der Waals surface area (Å²) in [6, 6.07) is 6.03. The van der Waals surface area contributed by atoms with Gasteiger partial charge in [-0.05, 0) is 24.3 Å². The molecule has 2 rings (SSSR count). The summed E-state index contributed by atoms with van der Waals surface area (Å²) in [7, 11) is -3.54. The van der Waals surface area contributed by atoms with Crippen molar-refractivity contribution in [3.63, 3.8) is 0 Å². The quantitative estimate of drug-likeness (QED) is 0.891. The van der Waals surface area contributed by atoms with Gasteiger partial charge < -0.3 is 9.84 Å². The zero-order valence-electron chi connectivity index (χ0n) is 9.62. The van der Waals surface area contributed by atoms with Gasteiger partial charge in [-0.2, -0.15) is 4.31 Å². The van der Waals surface area contributed by atoms with Crippen LogP contribution in [0, 0.1) is 0 Å². The first-order valence-corrected chi connectivity index (χ1v) is 7.34. The molecule has 18 heavy (non-hydrogen) atoms. The molecule has 1 unspecified atom stereocenters. The van der Waals surface area contributed by atoms with Crippen LogP contribution >= 0.6 is 11.6 Å². The second-order valence-electron chi connectivity index (χ2n) is 3.99. The molecule has 1 N–H and O–H groups in total. The van der Waals surface area contributed by atoms with E-state index in [1.165, 1.54) is 16.4 Å². The Morgan fingerprint density at radius 2 is 2.06 bits per heavy atom. The van der Waals surface area contributed by atoms with Crippen molar-refractivity contribution in [3.8, 4) is 0 Å². The molecule has 0 amide bonds. The number of hydrogen-bond donors (Lipinski definition) is 1. The number of ether oxygens (including phenoxy) is 1. The summed E-state index contributed by atoms with van der Waals surface area (Å²) in [6.07, 6.45) is -0.458. The van der Waals surface area contributed by atoms with E-state index in [-0.39, 0.29) is 24.7 Å². The SMILES string of the molecule is O=S(=O)(c1ccc(Cl)cc1)N1CCOC(CO)C1. The number of aliphatic hydroxyl groups is 1. The fourth-order valence-electron chi connectivity index (χ4n) is 1.78. The second kappa shape index (κ2) is 5.54. The first-order chi connectivity index (χ1) is 8.54. The van der Waals surface area contributed by atoms with E-state index in [0.717, 1.165) is 0 Å². The van der Waals surface area contributed by atoms with E-state index >= 15 is 0 Å². The third-order valence-electron chi connectivity index (χ3n) is 2.76. The summed E-state index contributed by atoms with van der Waals surface area (Å²) < 4.78 is 31.2. The van der Waals surface area contributed by atoms with Gasteiger partial charge >= 0.3 is 0 Å². The number of hydrogen-bond acceptors (Lipinski definition) is 4. The molecule has 1 aromatic carbocycles. The minimum atomic E-state index is -3.54. The minimum Gasteiger partial charge on any atom is -0.394 e. The van der Waals surface area contributed by atoms with Crippen LogP contribution in [0.1, 0.15) is 0 Å². The molecule has 1 aromatic rings. The molecule has 5 nitrogen and oxygen atoms in total. The summed E-state index contributed by atoms with van der Waals surface area (Å²) in [5, 5.41) is 9.51. The Kier molecular flexibility index (Phi) is 4.24. The lowest BCUT2D eigenvalue weighted by Crippen LogP contribution is -2.46. The van der Waals surface area contributed by atoms with Crippen molar-refractivity contribution in [2.24, 2.45) is 0 Å². The van der Waals surface area contributed by atoms with Crippen LogP contribution in [0.15, 0.2) is 29.2 Å². The average Bonchev–Trinajstić information content (AvgIpc) is 2.39. The highest BCUT2D eigenvalue weighted by Crippen LogP contribution is 2.20. The lowest BCUT2D eigenvalue weighted by Gasteiger charge is -2.31. The number of benzene rings is 1. The molecule has 1 heterocycles. The Morgan fingerprint density at radius 3 is 2.67 bits per heavy atom. The van der Waals surface area contributed by atoms with E-state index in [9.17, 15) is 8.42 Å². The maximum Gasteiger partial charge on any atom is 0.243 e. The Bertz CT molecular complexity index is 502. The Morgan fingerprint density at radius 1 is 1.39 bits per heavy atom. The molecule has 0 spiro atoms. The van der Waals surface area contributed by atoms with Crippen LogP contribution in [-0.4, -0.2) is 50.2 Å². The number of halogens is 1. The van der Waals surface area contributed by atoms with Gasteiger partial charge in [-0.3, -0.25) is 0 Å². The van der Waals surface area contributed by atoms with Gasteiger partial charge in [0, 0.05) is 18.1 Å². The van der Waals surface area contributed by atoms with Crippen molar-refractivity contribution in [3.05, 3.63) is 29.3 Å². The Hall–Kier alpha value is -0.660. The molecule has 7 heteroatoms. The van der Waals surface area contributed by atoms with Crippen LogP contribution < -0.4 is 0 Å². The van der Waals surface area contributed by atoms with Crippen molar-refractivity contribution < 1.29 is 18.3 Å². The first-order valence-electron chi connectivity index (χ1n) is 5.52. The lowest BCUT2D eigenvalue weighted by atomic mass is 10.3. The number of morpholine rings is 1. The fraction of sp³-hybridized carbons (Fsp3) is 0.455.